The number of thiophene rings is 1. The maximum absolute atomic E-state index is 10.6. The van der Waals surface area contributed by atoms with E-state index < -0.39 is 5.97 Å². The summed E-state index contributed by atoms with van der Waals surface area (Å²) in [7, 11) is 0. The third kappa shape index (κ3) is 3.79. The van der Waals surface area contributed by atoms with E-state index in [4.69, 9.17) is 5.11 Å². The molecule has 1 aromatic heterocycles. The van der Waals surface area contributed by atoms with Gasteiger partial charge in [-0.15, -0.1) is 11.3 Å². The first-order chi connectivity index (χ1) is 6.49. The highest BCUT2D eigenvalue weighted by molar-refractivity contribution is 7.14. The van der Waals surface area contributed by atoms with Gasteiger partial charge in [-0.25, -0.2) is 0 Å². The Bertz CT molecular complexity index is 293. The van der Waals surface area contributed by atoms with E-state index in [9.17, 15) is 4.79 Å². The Hall–Kier alpha value is -1.03. The van der Waals surface area contributed by atoms with E-state index in [2.05, 4.69) is 5.32 Å². The lowest BCUT2D eigenvalue weighted by Gasteiger charge is -2.22. The maximum Gasteiger partial charge on any atom is 0.303 e. The lowest BCUT2D eigenvalue weighted by molar-refractivity contribution is -0.139. The Morgan fingerprint density at radius 1 is 1.64 bits per heavy atom. The summed E-state index contributed by atoms with van der Waals surface area (Å²) in [5, 5.41) is 15.0. The quantitative estimate of drug-likeness (QED) is 0.790. The van der Waals surface area contributed by atoms with Gasteiger partial charge in [-0.2, -0.15) is 0 Å². The average molecular weight is 213 g/mol. The van der Waals surface area contributed by atoms with Crippen molar-refractivity contribution >= 4 is 22.3 Å². The van der Waals surface area contributed by atoms with Crippen LogP contribution in [0.5, 0.6) is 0 Å². The zero-order valence-corrected chi connectivity index (χ0v) is 9.23. The lowest BCUT2D eigenvalue weighted by Crippen LogP contribution is -2.25. The standard InChI is InChI=1S/C10H15NO2S/c1-10(2,6-9(12)13)7-11-8-4-3-5-14-8/h3-5,11H,6-7H2,1-2H3,(H,12,13). The van der Waals surface area contributed by atoms with Gasteiger partial charge in [-0.3, -0.25) is 4.79 Å². The largest absolute Gasteiger partial charge is 0.481 e. The zero-order chi connectivity index (χ0) is 10.6. The van der Waals surface area contributed by atoms with Crippen LogP contribution in [0.2, 0.25) is 0 Å². The van der Waals surface area contributed by atoms with E-state index >= 15 is 0 Å². The predicted molar refractivity (Wildman–Crippen MR) is 58.8 cm³/mol. The first kappa shape index (κ1) is 11.0. The Balaban J connectivity index is 2.40. The number of rotatable bonds is 5. The van der Waals surface area contributed by atoms with Gasteiger partial charge in [0.05, 0.1) is 11.4 Å². The third-order valence-electron chi connectivity index (χ3n) is 1.89. The van der Waals surface area contributed by atoms with Crippen molar-refractivity contribution in [1.29, 1.82) is 0 Å². The number of anilines is 1. The Morgan fingerprint density at radius 2 is 2.36 bits per heavy atom. The lowest BCUT2D eigenvalue weighted by atomic mass is 9.89. The topological polar surface area (TPSA) is 49.3 Å². The van der Waals surface area contributed by atoms with Crippen molar-refractivity contribution in [1.82, 2.24) is 0 Å². The van der Waals surface area contributed by atoms with E-state index in [1.165, 1.54) is 0 Å². The van der Waals surface area contributed by atoms with E-state index in [-0.39, 0.29) is 11.8 Å². The van der Waals surface area contributed by atoms with Gasteiger partial charge in [0.25, 0.3) is 0 Å². The Kier molecular flexibility index (Phi) is 3.52. The van der Waals surface area contributed by atoms with Crippen LogP contribution in [0.25, 0.3) is 0 Å². The van der Waals surface area contributed by atoms with Crippen LogP contribution in [0.4, 0.5) is 5.00 Å². The molecule has 0 bridgehead atoms. The highest BCUT2D eigenvalue weighted by Crippen LogP contribution is 2.23. The summed E-state index contributed by atoms with van der Waals surface area (Å²) >= 11 is 1.62. The molecular formula is C10H15NO2S. The number of hydrogen-bond donors (Lipinski definition) is 2. The highest BCUT2D eigenvalue weighted by Gasteiger charge is 2.21. The molecule has 0 aromatic carbocycles. The van der Waals surface area contributed by atoms with Crippen molar-refractivity contribution < 1.29 is 9.90 Å². The summed E-state index contributed by atoms with van der Waals surface area (Å²) in [6, 6.07) is 3.96. The summed E-state index contributed by atoms with van der Waals surface area (Å²) < 4.78 is 0. The van der Waals surface area contributed by atoms with Gasteiger partial charge in [0, 0.05) is 6.54 Å². The first-order valence-electron chi connectivity index (χ1n) is 4.49. The van der Waals surface area contributed by atoms with Gasteiger partial charge in [-0.1, -0.05) is 13.8 Å². The van der Waals surface area contributed by atoms with Gasteiger partial charge >= 0.3 is 5.97 Å². The molecule has 0 aliphatic heterocycles. The molecule has 1 heterocycles. The van der Waals surface area contributed by atoms with Gasteiger partial charge < -0.3 is 10.4 Å². The second-order valence-corrected chi connectivity index (χ2v) is 5.01. The van der Waals surface area contributed by atoms with Gasteiger partial charge in [0.15, 0.2) is 0 Å². The molecule has 0 spiro atoms. The van der Waals surface area contributed by atoms with Crippen molar-refractivity contribution in [3.8, 4) is 0 Å². The number of carboxylic acids is 1. The van der Waals surface area contributed by atoms with E-state index in [1.54, 1.807) is 11.3 Å². The van der Waals surface area contributed by atoms with E-state index in [0.29, 0.717) is 6.54 Å². The monoisotopic (exact) mass is 213 g/mol. The van der Waals surface area contributed by atoms with E-state index in [0.717, 1.165) is 5.00 Å². The van der Waals surface area contributed by atoms with Crippen molar-refractivity contribution in [2.45, 2.75) is 20.3 Å². The van der Waals surface area contributed by atoms with Crippen LogP contribution in [0.15, 0.2) is 17.5 Å². The molecule has 0 saturated heterocycles. The molecule has 3 nitrogen and oxygen atoms in total. The molecule has 1 aromatic rings. The molecule has 0 amide bonds. The fourth-order valence-corrected chi connectivity index (χ4v) is 1.79. The highest BCUT2D eigenvalue weighted by atomic mass is 32.1. The average Bonchev–Trinajstić information content (AvgIpc) is 2.50. The van der Waals surface area contributed by atoms with Gasteiger partial charge in [0.2, 0.25) is 0 Å². The molecule has 2 N–H and O–H groups in total. The summed E-state index contributed by atoms with van der Waals surface area (Å²) in [4.78, 5) is 10.6. The summed E-state index contributed by atoms with van der Waals surface area (Å²) in [5.41, 5.74) is -0.212. The number of nitrogens with one attached hydrogen (secondary N) is 1. The van der Waals surface area contributed by atoms with Crippen molar-refractivity contribution in [3.63, 3.8) is 0 Å². The third-order valence-corrected chi connectivity index (χ3v) is 2.72. The van der Waals surface area contributed by atoms with Crippen LogP contribution >= 0.6 is 11.3 Å². The molecule has 4 heteroatoms. The minimum atomic E-state index is -0.747. The molecule has 0 atom stereocenters. The van der Waals surface area contributed by atoms with Crippen LogP contribution < -0.4 is 5.32 Å². The minimum absolute atomic E-state index is 0.186. The second-order valence-electron chi connectivity index (χ2n) is 4.07. The molecule has 0 aliphatic carbocycles. The van der Waals surface area contributed by atoms with Gasteiger partial charge in [-0.05, 0) is 22.9 Å². The minimum Gasteiger partial charge on any atom is -0.481 e. The summed E-state index contributed by atoms with van der Waals surface area (Å²) in [6.45, 7) is 4.57. The number of carbonyl (C=O) groups is 1. The SMILES string of the molecule is CC(C)(CNc1cccs1)CC(=O)O. The molecule has 1 rings (SSSR count). The van der Waals surface area contributed by atoms with Crippen molar-refractivity contribution in [3.05, 3.63) is 17.5 Å². The van der Waals surface area contributed by atoms with Crippen molar-refractivity contribution in [2.24, 2.45) is 5.41 Å². The Labute approximate surface area is 87.8 Å². The van der Waals surface area contributed by atoms with Crippen LogP contribution in [0.3, 0.4) is 0 Å². The molecular weight excluding hydrogens is 198 g/mol. The van der Waals surface area contributed by atoms with Crippen LogP contribution in [0, 0.1) is 5.41 Å². The fourth-order valence-electron chi connectivity index (χ4n) is 1.18. The Morgan fingerprint density at radius 3 is 2.86 bits per heavy atom. The van der Waals surface area contributed by atoms with Crippen LogP contribution in [-0.2, 0) is 4.79 Å². The summed E-state index contributed by atoms with van der Waals surface area (Å²) in [6.07, 6.45) is 0.186. The molecule has 14 heavy (non-hydrogen) atoms. The number of aliphatic carboxylic acids is 1. The first-order valence-corrected chi connectivity index (χ1v) is 5.37. The fraction of sp³-hybridized carbons (Fsp3) is 0.500. The van der Waals surface area contributed by atoms with Crippen LogP contribution in [-0.4, -0.2) is 17.6 Å². The summed E-state index contributed by atoms with van der Waals surface area (Å²) in [5.74, 6) is -0.747. The molecule has 0 saturated carbocycles. The second kappa shape index (κ2) is 4.46. The molecule has 0 aliphatic rings. The van der Waals surface area contributed by atoms with Crippen LogP contribution in [0.1, 0.15) is 20.3 Å². The van der Waals surface area contributed by atoms with E-state index in [1.807, 2.05) is 31.4 Å². The normalized spacial score (nSPS) is 11.3. The molecule has 78 valence electrons. The molecule has 0 radical (unpaired) electrons. The van der Waals surface area contributed by atoms with Gasteiger partial charge in [0.1, 0.15) is 0 Å². The zero-order valence-electron chi connectivity index (χ0n) is 8.41. The molecule has 0 fully saturated rings. The van der Waals surface area contributed by atoms with Crippen molar-refractivity contribution in [2.75, 3.05) is 11.9 Å². The maximum atomic E-state index is 10.6. The smallest absolute Gasteiger partial charge is 0.303 e. The number of hydrogen-bond acceptors (Lipinski definition) is 3. The number of carboxylic acid groups (broad SMARTS) is 1. The predicted octanol–water partition coefficient (Wildman–Crippen LogP) is 2.66. The molecule has 0 unspecified atom stereocenters.